The van der Waals surface area contributed by atoms with E-state index < -0.39 is 22.7 Å². The Kier molecular flexibility index (Phi) is 5.51. The number of carbonyl (C=O) groups is 1. The molecule has 1 aromatic heterocycles. The summed E-state index contributed by atoms with van der Waals surface area (Å²) in [5.41, 5.74) is -0.113. The largest absolute Gasteiger partial charge is 0.441 e. The van der Waals surface area contributed by atoms with E-state index in [4.69, 9.17) is 16.0 Å². The molecule has 140 valence electrons. The summed E-state index contributed by atoms with van der Waals surface area (Å²) < 4.78 is 44.2. The second-order valence-corrected chi connectivity index (χ2v) is 6.13. The molecule has 3 rings (SSSR count). The van der Waals surface area contributed by atoms with Gasteiger partial charge in [0.05, 0.1) is 16.8 Å². The van der Waals surface area contributed by atoms with Crippen LogP contribution in [0.2, 0.25) is 5.02 Å². The van der Waals surface area contributed by atoms with Crippen molar-refractivity contribution >= 4 is 23.2 Å². The van der Waals surface area contributed by atoms with Crippen LogP contribution >= 0.6 is 11.6 Å². The van der Waals surface area contributed by atoms with E-state index in [2.05, 4.69) is 10.3 Å². The molecule has 0 aliphatic carbocycles. The summed E-state index contributed by atoms with van der Waals surface area (Å²) in [5.74, 6) is 0.500. The van der Waals surface area contributed by atoms with Crippen LogP contribution in [0.15, 0.2) is 59.1 Å². The lowest BCUT2D eigenvalue weighted by Gasteiger charge is -2.11. The van der Waals surface area contributed by atoms with Crippen LogP contribution in [0, 0.1) is 0 Å². The molecular weight excluding hydrogens is 381 g/mol. The fourth-order valence-corrected chi connectivity index (χ4v) is 2.65. The molecule has 0 radical (unpaired) electrons. The van der Waals surface area contributed by atoms with E-state index in [1.807, 2.05) is 30.3 Å². The molecule has 0 bridgehead atoms. The van der Waals surface area contributed by atoms with Crippen molar-refractivity contribution in [1.82, 2.24) is 4.98 Å². The summed E-state index contributed by atoms with van der Waals surface area (Å²) in [6.45, 7) is 0. The lowest BCUT2D eigenvalue weighted by Crippen LogP contribution is -2.14. The van der Waals surface area contributed by atoms with E-state index in [0.29, 0.717) is 11.7 Å². The van der Waals surface area contributed by atoms with E-state index >= 15 is 0 Å². The van der Waals surface area contributed by atoms with Gasteiger partial charge in [0, 0.05) is 24.1 Å². The molecule has 1 heterocycles. The molecule has 0 saturated carbocycles. The molecule has 1 amide bonds. The number of oxazole rings is 1. The van der Waals surface area contributed by atoms with Crippen molar-refractivity contribution in [3.05, 3.63) is 71.2 Å². The molecule has 1 N–H and O–H groups in total. The minimum Gasteiger partial charge on any atom is -0.441 e. The Bertz CT molecular complexity index is 940. The van der Waals surface area contributed by atoms with Gasteiger partial charge < -0.3 is 9.73 Å². The maximum absolute atomic E-state index is 12.9. The van der Waals surface area contributed by atoms with Crippen molar-refractivity contribution in [3.8, 4) is 11.3 Å². The number of amides is 1. The van der Waals surface area contributed by atoms with Crippen LogP contribution in [0.25, 0.3) is 11.3 Å². The topological polar surface area (TPSA) is 55.1 Å². The third-order valence-corrected chi connectivity index (χ3v) is 4.06. The number of hydrogen-bond acceptors (Lipinski definition) is 3. The highest BCUT2D eigenvalue weighted by atomic mass is 35.5. The van der Waals surface area contributed by atoms with Gasteiger partial charge >= 0.3 is 6.18 Å². The van der Waals surface area contributed by atoms with Crippen molar-refractivity contribution in [2.45, 2.75) is 19.0 Å². The number of halogens is 4. The molecule has 0 fully saturated rings. The van der Waals surface area contributed by atoms with Crippen LogP contribution in [-0.4, -0.2) is 10.9 Å². The first-order valence-electron chi connectivity index (χ1n) is 7.99. The summed E-state index contributed by atoms with van der Waals surface area (Å²) >= 11 is 5.56. The van der Waals surface area contributed by atoms with E-state index in [9.17, 15) is 18.0 Å². The number of benzene rings is 2. The number of aryl methyl sites for hydroxylation is 1. The summed E-state index contributed by atoms with van der Waals surface area (Å²) in [4.78, 5) is 16.1. The quantitative estimate of drug-likeness (QED) is 0.614. The molecule has 0 aliphatic rings. The summed E-state index contributed by atoms with van der Waals surface area (Å²) in [6.07, 6.45) is -2.79. The lowest BCUT2D eigenvalue weighted by atomic mass is 10.2. The van der Waals surface area contributed by atoms with Gasteiger partial charge in [0.15, 0.2) is 11.7 Å². The van der Waals surface area contributed by atoms with Gasteiger partial charge in [-0.25, -0.2) is 4.98 Å². The van der Waals surface area contributed by atoms with Gasteiger partial charge in [-0.15, -0.1) is 0 Å². The Morgan fingerprint density at radius 2 is 1.89 bits per heavy atom. The average Bonchev–Trinajstić information content (AvgIpc) is 3.10. The standard InChI is InChI=1S/C19H14ClF3N2O2/c20-15-7-6-13(10-14(15)19(21,22)23)25-17(26)8-9-18-24-11-16(27-18)12-4-2-1-3-5-12/h1-7,10-11H,8-9H2,(H,25,26). The van der Waals surface area contributed by atoms with E-state index in [-0.39, 0.29) is 18.5 Å². The van der Waals surface area contributed by atoms with Gasteiger partial charge in [-0.2, -0.15) is 13.2 Å². The molecule has 0 saturated heterocycles. The SMILES string of the molecule is O=C(CCc1ncc(-c2ccccc2)o1)Nc1ccc(Cl)c(C(F)(F)F)c1. The molecule has 27 heavy (non-hydrogen) atoms. The van der Waals surface area contributed by atoms with Crippen molar-refractivity contribution in [1.29, 1.82) is 0 Å². The van der Waals surface area contributed by atoms with Crippen molar-refractivity contribution in [3.63, 3.8) is 0 Å². The van der Waals surface area contributed by atoms with Crippen LogP contribution in [-0.2, 0) is 17.4 Å². The van der Waals surface area contributed by atoms with Crippen LogP contribution in [0.4, 0.5) is 18.9 Å². The Morgan fingerprint density at radius 3 is 2.59 bits per heavy atom. The predicted molar refractivity (Wildman–Crippen MR) is 95.3 cm³/mol. The number of carbonyl (C=O) groups excluding carboxylic acids is 1. The molecule has 0 aliphatic heterocycles. The molecule has 4 nitrogen and oxygen atoms in total. The minimum atomic E-state index is -4.59. The first-order valence-corrected chi connectivity index (χ1v) is 8.37. The van der Waals surface area contributed by atoms with Crippen LogP contribution in [0.3, 0.4) is 0 Å². The van der Waals surface area contributed by atoms with Crippen molar-refractivity contribution < 1.29 is 22.4 Å². The number of hydrogen-bond donors (Lipinski definition) is 1. The Balaban J connectivity index is 1.60. The van der Waals surface area contributed by atoms with Gasteiger partial charge in [-0.1, -0.05) is 41.9 Å². The highest BCUT2D eigenvalue weighted by molar-refractivity contribution is 6.31. The van der Waals surface area contributed by atoms with Gasteiger partial charge in [0.25, 0.3) is 0 Å². The highest BCUT2D eigenvalue weighted by Crippen LogP contribution is 2.36. The van der Waals surface area contributed by atoms with Crippen molar-refractivity contribution in [2.75, 3.05) is 5.32 Å². The van der Waals surface area contributed by atoms with Crippen LogP contribution in [0.1, 0.15) is 17.9 Å². The molecule has 0 atom stereocenters. The van der Waals surface area contributed by atoms with Gasteiger partial charge in [-0.3, -0.25) is 4.79 Å². The number of anilines is 1. The molecule has 3 aromatic rings. The second kappa shape index (κ2) is 7.84. The number of aromatic nitrogens is 1. The third kappa shape index (κ3) is 4.89. The normalized spacial score (nSPS) is 11.4. The van der Waals surface area contributed by atoms with Crippen molar-refractivity contribution in [2.24, 2.45) is 0 Å². The molecule has 0 unspecified atom stereocenters. The van der Waals surface area contributed by atoms with Crippen LogP contribution < -0.4 is 5.32 Å². The number of nitrogens with zero attached hydrogens (tertiary/aromatic N) is 1. The van der Waals surface area contributed by atoms with E-state index in [1.165, 1.54) is 6.07 Å². The lowest BCUT2D eigenvalue weighted by molar-refractivity contribution is -0.137. The first kappa shape index (κ1) is 19.0. The Morgan fingerprint density at radius 1 is 1.15 bits per heavy atom. The smallest absolute Gasteiger partial charge is 0.417 e. The number of nitrogens with one attached hydrogen (secondary N) is 1. The summed E-state index contributed by atoms with van der Waals surface area (Å²) in [6, 6.07) is 12.6. The molecule has 8 heteroatoms. The fraction of sp³-hybridized carbons (Fsp3) is 0.158. The van der Waals surface area contributed by atoms with Gasteiger partial charge in [-0.05, 0) is 18.2 Å². The van der Waals surface area contributed by atoms with Gasteiger partial charge in [0.1, 0.15) is 0 Å². The Labute approximate surface area is 158 Å². The third-order valence-electron chi connectivity index (χ3n) is 3.73. The van der Waals surface area contributed by atoms with Crippen LogP contribution in [0.5, 0.6) is 0 Å². The van der Waals surface area contributed by atoms with E-state index in [1.54, 1.807) is 6.20 Å². The highest BCUT2D eigenvalue weighted by Gasteiger charge is 2.33. The minimum absolute atomic E-state index is 0.0126. The zero-order chi connectivity index (χ0) is 19.4. The molecule has 2 aromatic carbocycles. The Hall–Kier alpha value is -2.80. The number of alkyl halides is 3. The summed E-state index contributed by atoms with van der Waals surface area (Å²) in [5, 5.41) is 2.00. The molecular formula is C19H14ClF3N2O2. The second-order valence-electron chi connectivity index (χ2n) is 5.72. The zero-order valence-corrected chi connectivity index (χ0v) is 14.6. The van der Waals surface area contributed by atoms with Gasteiger partial charge in [0.2, 0.25) is 5.91 Å². The van der Waals surface area contributed by atoms with E-state index in [0.717, 1.165) is 17.7 Å². The zero-order valence-electron chi connectivity index (χ0n) is 13.9. The molecule has 0 spiro atoms. The average molecular weight is 395 g/mol. The monoisotopic (exact) mass is 394 g/mol. The number of rotatable bonds is 5. The first-order chi connectivity index (χ1) is 12.8. The predicted octanol–water partition coefficient (Wildman–Crippen LogP) is 5.59. The maximum atomic E-state index is 12.9. The maximum Gasteiger partial charge on any atom is 0.417 e. The summed E-state index contributed by atoms with van der Waals surface area (Å²) in [7, 11) is 0. The fourth-order valence-electron chi connectivity index (χ4n) is 2.43.